The SMILES string of the molecule is CC(C)CCC1=C[C@@H](C2=CNC(N)C=C2)c2c(cc3oc(-c4cc(O)c(O)c(CCO)c4)cc(=O)c3c2O)O[C@]12O[C@H](C(=O)O[C@H]1O[C@H](C(=O)O)[C@@H](O)[C@H](O)[C@H]1O)[C@@H](O)[C@H](O)[C@H]2O. The molecule has 3 aromatic rings. The van der Waals surface area contributed by atoms with Crippen LogP contribution < -0.4 is 21.2 Å². The maximum absolute atomic E-state index is 14.0. The van der Waals surface area contributed by atoms with Gasteiger partial charge in [0.25, 0.3) is 5.79 Å². The number of esters is 1. The van der Waals surface area contributed by atoms with Crippen molar-refractivity contribution in [3.63, 3.8) is 0 Å². The molecule has 5 heterocycles. The van der Waals surface area contributed by atoms with Gasteiger partial charge in [0.1, 0.15) is 58.7 Å². The Kier molecular flexibility index (Phi) is 12.6. The lowest BCUT2D eigenvalue weighted by Gasteiger charge is -2.48. The van der Waals surface area contributed by atoms with Gasteiger partial charge in [-0.1, -0.05) is 26.0 Å². The van der Waals surface area contributed by atoms with Gasteiger partial charge in [0.05, 0.1) is 6.17 Å². The molecule has 1 spiro atoms. The third-order valence-corrected chi connectivity index (χ3v) is 11.5. The molecule has 2 fully saturated rings. The number of rotatable bonds is 10. The topological polar surface area (TPSA) is 362 Å². The number of aliphatic hydroxyl groups is 7. The molecule has 340 valence electrons. The van der Waals surface area contributed by atoms with Crippen LogP contribution in [0.4, 0.5) is 0 Å². The Balaban J connectivity index is 1.41. The molecule has 7 rings (SSSR count). The zero-order valence-corrected chi connectivity index (χ0v) is 33.6. The molecule has 1 unspecified atom stereocenters. The molecular weight excluding hydrogens is 836 g/mol. The number of benzene rings is 2. The van der Waals surface area contributed by atoms with Crippen LogP contribution in [-0.2, 0) is 30.2 Å². The van der Waals surface area contributed by atoms with E-state index < -0.39 is 114 Å². The molecule has 21 heteroatoms. The van der Waals surface area contributed by atoms with E-state index in [1.165, 1.54) is 24.4 Å². The number of carboxylic acid groups (broad SMARTS) is 1. The minimum atomic E-state index is -2.66. The number of aliphatic carboxylic acids is 1. The second kappa shape index (κ2) is 17.5. The van der Waals surface area contributed by atoms with Crippen molar-refractivity contribution < 1.29 is 89.1 Å². The number of nitrogens with two attached hydrogens (primary N) is 1. The van der Waals surface area contributed by atoms with Gasteiger partial charge in [-0.25, -0.2) is 9.59 Å². The highest BCUT2D eigenvalue weighted by atomic mass is 16.8. The number of carboxylic acids is 1. The van der Waals surface area contributed by atoms with Gasteiger partial charge in [-0.15, -0.1) is 0 Å². The van der Waals surface area contributed by atoms with Crippen LogP contribution in [-0.4, -0.2) is 142 Å². The van der Waals surface area contributed by atoms with Gasteiger partial charge in [-0.2, -0.15) is 0 Å². The summed E-state index contributed by atoms with van der Waals surface area (Å²) in [7, 11) is 0. The van der Waals surface area contributed by atoms with Crippen LogP contribution in [0.15, 0.2) is 69.1 Å². The standard InChI is InChI=1S/C42H48N2O19/c1-15(2)3-5-19-11-20(17-4-6-26(43)44-14-17)27-25(13-24-28(30(27)49)21(46)12-23(59-24)18-9-16(7-8-45)29(48)22(47)10-18)62-42(19)38(55)34(53)33(52)37(63-42)40(58)61-41-35(54)31(50)32(51)36(60-41)39(56)57/h4,6,9-15,20,26,31-38,41,44-45,47-55H,3,5,7-8,43H2,1-2H3,(H,56,57)/t20-,26?,31-,32-,33-,34-,35+,36-,37-,38+,41+,42-/m0/s1. The first-order valence-corrected chi connectivity index (χ1v) is 19.9. The first-order chi connectivity index (χ1) is 29.8. The van der Waals surface area contributed by atoms with Crippen LogP contribution in [0, 0.1) is 5.92 Å². The molecule has 0 bridgehead atoms. The number of allylic oxidation sites excluding steroid dienone is 3. The Hall–Kier alpha value is -5.59. The largest absolute Gasteiger partial charge is 0.507 e. The highest BCUT2D eigenvalue weighted by Crippen LogP contribution is 2.52. The average molecular weight is 885 g/mol. The Morgan fingerprint density at radius 3 is 2.29 bits per heavy atom. The fraction of sp³-hybridized carbons (Fsp3) is 0.452. The van der Waals surface area contributed by atoms with E-state index in [0.717, 1.165) is 12.1 Å². The van der Waals surface area contributed by atoms with E-state index in [0.29, 0.717) is 12.0 Å². The van der Waals surface area contributed by atoms with Crippen molar-refractivity contribution in [1.82, 2.24) is 5.32 Å². The number of ether oxygens (including phenoxy) is 4. The van der Waals surface area contributed by atoms with E-state index in [1.54, 1.807) is 12.2 Å². The minimum Gasteiger partial charge on any atom is -0.507 e. The molecular formula is C42H48N2O19. The number of phenols is 3. The van der Waals surface area contributed by atoms with Crippen molar-refractivity contribution in [2.45, 2.75) is 106 Å². The molecule has 21 nitrogen and oxygen atoms in total. The summed E-state index contributed by atoms with van der Waals surface area (Å²) in [5.74, 6) is -9.42. The maximum Gasteiger partial charge on any atom is 0.340 e. The zero-order chi connectivity index (χ0) is 45.8. The van der Waals surface area contributed by atoms with Gasteiger partial charge in [0.15, 0.2) is 35.2 Å². The normalized spacial score (nSPS) is 31.7. The number of hydrogen-bond donors (Lipinski definition) is 13. The second-order valence-corrected chi connectivity index (χ2v) is 16.2. The fourth-order valence-electron chi connectivity index (χ4n) is 8.04. The average Bonchev–Trinajstić information content (AvgIpc) is 3.37. The molecule has 0 aliphatic carbocycles. The third kappa shape index (κ3) is 8.23. The first kappa shape index (κ1) is 45.4. The number of nitrogens with one attached hydrogen (secondary N) is 1. The quantitative estimate of drug-likeness (QED) is 0.0652. The lowest BCUT2D eigenvalue weighted by atomic mass is 9.81. The van der Waals surface area contributed by atoms with Gasteiger partial charge < -0.3 is 90.6 Å². The van der Waals surface area contributed by atoms with E-state index in [4.69, 9.17) is 29.1 Å². The zero-order valence-electron chi connectivity index (χ0n) is 33.6. The molecule has 0 radical (unpaired) electrons. The number of dihydropyridines is 1. The predicted octanol–water partition coefficient (Wildman–Crippen LogP) is -1.11. The lowest BCUT2D eigenvalue weighted by Crippen LogP contribution is -2.69. The summed E-state index contributed by atoms with van der Waals surface area (Å²) in [5, 5.41) is 120. The number of aromatic hydroxyl groups is 3. The van der Waals surface area contributed by atoms with Crippen molar-refractivity contribution in [3.8, 4) is 34.3 Å². The fourth-order valence-corrected chi connectivity index (χ4v) is 8.04. The summed E-state index contributed by atoms with van der Waals surface area (Å²) in [5.41, 5.74) is 5.54. The highest BCUT2D eigenvalue weighted by molar-refractivity contribution is 5.89. The van der Waals surface area contributed by atoms with Gasteiger partial charge in [-0.3, -0.25) is 4.79 Å². The van der Waals surface area contributed by atoms with E-state index in [9.17, 15) is 70.6 Å². The molecule has 63 heavy (non-hydrogen) atoms. The molecule has 2 saturated heterocycles. The van der Waals surface area contributed by atoms with Gasteiger partial charge in [0.2, 0.25) is 6.29 Å². The summed E-state index contributed by atoms with van der Waals surface area (Å²) in [6.45, 7) is 3.36. The van der Waals surface area contributed by atoms with Crippen molar-refractivity contribution in [1.29, 1.82) is 0 Å². The van der Waals surface area contributed by atoms with Crippen molar-refractivity contribution in [2.75, 3.05) is 6.61 Å². The molecule has 2 aromatic carbocycles. The van der Waals surface area contributed by atoms with Crippen LogP contribution in [0.3, 0.4) is 0 Å². The van der Waals surface area contributed by atoms with E-state index in [1.807, 2.05) is 13.8 Å². The summed E-state index contributed by atoms with van der Waals surface area (Å²) in [6.07, 6.45) is -14.2. The van der Waals surface area contributed by atoms with Crippen molar-refractivity contribution in [3.05, 3.63) is 81.2 Å². The number of carbonyl (C=O) groups excluding carboxylic acids is 1. The van der Waals surface area contributed by atoms with Gasteiger partial charge in [-0.05, 0) is 49.0 Å². The lowest BCUT2D eigenvalue weighted by molar-refractivity contribution is -0.325. The molecule has 12 atom stereocenters. The van der Waals surface area contributed by atoms with Gasteiger partial charge in [0, 0.05) is 53.1 Å². The van der Waals surface area contributed by atoms with Crippen LogP contribution in [0.1, 0.15) is 43.7 Å². The predicted molar refractivity (Wildman–Crippen MR) is 214 cm³/mol. The molecule has 4 aliphatic rings. The van der Waals surface area contributed by atoms with E-state index in [-0.39, 0.29) is 63.5 Å². The third-order valence-electron chi connectivity index (χ3n) is 11.5. The number of fused-ring (bicyclic) bond motifs is 2. The molecule has 0 amide bonds. The summed E-state index contributed by atoms with van der Waals surface area (Å²) < 4.78 is 29.2. The van der Waals surface area contributed by atoms with E-state index in [2.05, 4.69) is 5.32 Å². The summed E-state index contributed by atoms with van der Waals surface area (Å²) in [4.78, 5) is 39.6. The molecule has 0 saturated carbocycles. The highest BCUT2D eigenvalue weighted by Gasteiger charge is 2.61. The minimum absolute atomic E-state index is 0.00465. The van der Waals surface area contributed by atoms with Crippen LogP contribution in [0.5, 0.6) is 23.0 Å². The Bertz CT molecular complexity index is 2430. The van der Waals surface area contributed by atoms with Crippen molar-refractivity contribution in [2.24, 2.45) is 11.7 Å². The molecule has 14 N–H and O–H groups in total. The molecule has 1 aromatic heterocycles. The van der Waals surface area contributed by atoms with Crippen LogP contribution in [0.25, 0.3) is 22.3 Å². The Morgan fingerprint density at radius 1 is 0.921 bits per heavy atom. The number of phenolic OH excluding ortho intramolecular Hbond substituents is 3. The number of hydrogen-bond acceptors (Lipinski definition) is 20. The smallest absolute Gasteiger partial charge is 0.340 e. The Labute approximate surface area is 356 Å². The second-order valence-electron chi connectivity index (χ2n) is 16.2. The Morgan fingerprint density at radius 2 is 1.63 bits per heavy atom. The first-order valence-electron chi connectivity index (χ1n) is 19.9. The summed E-state index contributed by atoms with van der Waals surface area (Å²) >= 11 is 0. The van der Waals surface area contributed by atoms with Crippen LogP contribution in [0.2, 0.25) is 0 Å². The number of aliphatic hydroxyl groups excluding tert-OH is 7. The van der Waals surface area contributed by atoms with Gasteiger partial charge >= 0.3 is 11.9 Å². The van der Waals surface area contributed by atoms with Crippen LogP contribution >= 0.6 is 0 Å². The molecule has 4 aliphatic heterocycles. The number of carbonyl (C=O) groups is 2. The summed E-state index contributed by atoms with van der Waals surface area (Å²) in [6, 6.07) is 4.69. The van der Waals surface area contributed by atoms with E-state index >= 15 is 0 Å². The maximum atomic E-state index is 14.0. The monoisotopic (exact) mass is 884 g/mol. The van der Waals surface area contributed by atoms with Crippen molar-refractivity contribution >= 4 is 22.9 Å².